The summed E-state index contributed by atoms with van der Waals surface area (Å²) in [5, 5.41) is 5.61. The Morgan fingerprint density at radius 3 is 2.82 bits per heavy atom. The van der Waals surface area contributed by atoms with E-state index >= 15 is 0 Å². The van der Waals surface area contributed by atoms with E-state index in [0.29, 0.717) is 5.92 Å². The lowest BCUT2D eigenvalue weighted by Gasteiger charge is -2.14. The van der Waals surface area contributed by atoms with Crippen LogP contribution in [0.4, 0.5) is 0 Å². The average molecular weight is 236 g/mol. The van der Waals surface area contributed by atoms with Crippen molar-refractivity contribution in [2.24, 2.45) is 5.92 Å². The average Bonchev–Trinajstić information content (AvgIpc) is 3.08. The fraction of sp³-hybridized carbons (Fsp3) is 0.692. The zero-order valence-electron chi connectivity index (χ0n) is 10.3. The molecule has 0 aromatic carbocycles. The Hall–Kier alpha value is -1.32. The van der Waals surface area contributed by atoms with E-state index in [1.807, 2.05) is 6.92 Å². The Morgan fingerprint density at radius 1 is 1.35 bits per heavy atom. The number of rotatable bonds is 3. The van der Waals surface area contributed by atoms with Gasteiger partial charge in [-0.2, -0.15) is 0 Å². The zero-order valence-corrected chi connectivity index (χ0v) is 10.3. The van der Waals surface area contributed by atoms with Crippen LogP contribution in [0.2, 0.25) is 0 Å². The quantitative estimate of drug-likeness (QED) is 0.722. The summed E-state index contributed by atoms with van der Waals surface area (Å²) in [5.41, 5.74) is 1.14. The lowest BCUT2D eigenvalue weighted by atomic mass is 10.1. The zero-order chi connectivity index (χ0) is 12.3. The summed E-state index contributed by atoms with van der Waals surface area (Å²) >= 11 is 0. The van der Waals surface area contributed by atoms with Crippen molar-refractivity contribution >= 4 is 11.8 Å². The second-order valence-corrected chi connectivity index (χ2v) is 5.01. The maximum Gasteiger partial charge on any atom is 0.244 e. The van der Waals surface area contributed by atoms with Gasteiger partial charge in [-0.25, -0.2) is 0 Å². The molecule has 1 saturated carbocycles. The SMILES string of the molecule is C/C(=C\C(=O)N[C@H]1CCCCNC1=O)C1CC1. The molecule has 17 heavy (non-hydrogen) atoms. The van der Waals surface area contributed by atoms with Crippen molar-refractivity contribution in [1.82, 2.24) is 10.6 Å². The molecule has 2 amide bonds. The summed E-state index contributed by atoms with van der Waals surface area (Å²) < 4.78 is 0. The predicted molar refractivity (Wildman–Crippen MR) is 65.3 cm³/mol. The standard InChI is InChI=1S/C13H20N2O2/c1-9(10-5-6-10)8-12(16)15-11-4-2-3-7-14-13(11)17/h8,10-11H,2-7H2,1H3,(H,14,17)(H,15,16)/b9-8+/t11-/m0/s1. The molecule has 2 aliphatic rings. The molecule has 2 rings (SSSR count). The van der Waals surface area contributed by atoms with E-state index in [1.54, 1.807) is 6.08 Å². The molecule has 1 aliphatic heterocycles. The molecule has 1 atom stereocenters. The van der Waals surface area contributed by atoms with E-state index in [4.69, 9.17) is 0 Å². The van der Waals surface area contributed by atoms with Gasteiger partial charge in [0.1, 0.15) is 6.04 Å². The molecule has 0 bridgehead atoms. The molecule has 4 nitrogen and oxygen atoms in total. The molecular formula is C13H20N2O2. The topological polar surface area (TPSA) is 58.2 Å². The summed E-state index contributed by atoms with van der Waals surface area (Å²) in [6.07, 6.45) is 6.76. The van der Waals surface area contributed by atoms with Gasteiger partial charge in [0.25, 0.3) is 0 Å². The van der Waals surface area contributed by atoms with Crippen LogP contribution in [-0.2, 0) is 9.59 Å². The molecule has 4 heteroatoms. The van der Waals surface area contributed by atoms with Gasteiger partial charge in [0.05, 0.1) is 0 Å². The van der Waals surface area contributed by atoms with Crippen molar-refractivity contribution in [3.63, 3.8) is 0 Å². The van der Waals surface area contributed by atoms with Crippen LogP contribution in [0.3, 0.4) is 0 Å². The molecule has 1 aliphatic carbocycles. The second kappa shape index (κ2) is 5.34. The highest BCUT2D eigenvalue weighted by molar-refractivity contribution is 5.93. The van der Waals surface area contributed by atoms with Gasteiger partial charge in [-0.05, 0) is 44.9 Å². The third-order valence-corrected chi connectivity index (χ3v) is 3.43. The molecule has 0 radical (unpaired) electrons. The van der Waals surface area contributed by atoms with Crippen molar-refractivity contribution in [3.8, 4) is 0 Å². The van der Waals surface area contributed by atoms with Gasteiger partial charge >= 0.3 is 0 Å². The molecule has 1 heterocycles. The minimum atomic E-state index is -0.353. The second-order valence-electron chi connectivity index (χ2n) is 5.01. The van der Waals surface area contributed by atoms with Crippen molar-refractivity contribution in [3.05, 3.63) is 11.6 Å². The first-order chi connectivity index (χ1) is 8.16. The van der Waals surface area contributed by atoms with Crippen LogP contribution >= 0.6 is 0 Å². The summed E-state index contributed by atoms with van der Waals surface area (Å²) in [6, 6.07) is -0.353. The van der Waals surface area contributed by atoms with Gasteiger partial charge in [-0.1, -0.05) is 5.57 Å². The molecule has 2 fully saturated rings. The molecule has 0 aromatic rings. The Labute approximate surface area is 102 Å². The lowest BCUT2D eigenvalue weighted by Crippen LogP contribution is -2.45. The highest BCUT2D eigenvalue weighted by Gasteiger charge is 2.25. The van der Waals surface area contributed by atoms with E-state index in [2.05, 4.69) is 10.6 Å². The summed E-state index contributed by atoms with van der Waals surface area (Å²) in [6.45, 7) is 2.71. The van der Waals surface area contributed by atoms with E-state index in [1.165, 1.54) is 12.8 Å². The van der Waals surface area contributed by atoms with Crippen LogP contribution in [-0.4, -0.2) is 24.4 Å². The third-order valence-electron chi connectivity index (χ3n) is 3.43. The van der Waals surface area contributed by atoms with Gasteiger partial charge in [0, 0.05) is 12.6 Å². The van der Waals surface area contributed by atoms with Crippen molar-refractivity contribution in [2.75, 3.05) is 6.54 Å². The predicted octanol–water partition coefficient (Wildman–Crippen LogP) is 1.13. The molecule has 0 aromatic heterocycles. The first-order valence-corrected chi connectivity index (χ1v) is 6.43. The maximum atomic E-state index is 11.7. The number of allylic oxidation sites excluding steroid dienone is 1. The van der Waals surface area contributed by atoms with Gasteiger partial charge in [0.15, 0.2) is 0 Å². The molecule has 0 unspecified atom stereocenters. The fourth-order valence-corrected chi connectivity index (χ4v) is 2.15. The Bertz CT molecular complexity index is 345. The molecular weight excluding hydrogens is 216 g/mol. The Balaban J connectivity index is 1.88. The monoisotopic (exact) mass is 236 g/mol. The highest BCUT2D eigenvalue weighted by Crippen LogP contribution is 2.35. The lowest BCUT2D eigenvalue weighted by molar-refractivity contribution is -0.126. The number of carbonyl (C=O) groups is 2. The van der Waals surface area contributed by atoms with E-state index in [0.717, 1.165) is 31.4 Å². The van der Waals surface area contributed by atoms with Crippen LogP contribution < -0.4 is 10.6 Å². The smallest absolute Gasteiger partial charge is 0.244 e. The number of amides is 2. The van der Waals surface area contributed by atoms with Crippen LogP contribution in [0.15, 0.2) is 11.6 Å². The third kappa shape index (κ3) is 3.58. The van der Waals surface area contributed by atoms with E-state index in [-0.39, 0.29) is 17.9 Å². The molecule has 2 N–H and O–H groups in total. The van der Waals surface area contributed by atoms with Crippen LogP contribution in [0.1, 0.15) is 39.0 Å². The van der Waals surface area contributed by atoms with E-state index in [9.17, 15) is 9.59 Å². The van der Waals surface area contributed by atoms with Gasteiger partial charge in [-0.15, -0.1) is 0 Å². The Morgan fingerprint density at radius 2 is 2.12 bits per heavy atom. The fourth-order valence-electron chi connectivity index (χ4n) is 2.15. The van der Waals surface area contributed by atoms with Crippen molar-refractivity contribution in [1.29, 1.82) is 0 Å². The van der Waals surface area contributed by atoms with E-state index < -0.39 is 0 Å². The van der Waals surface area contributed by atoms with Crippen molar-refractivity contribution < 1.29 is 9.59 Å². The number of hydrogen-bond donors (Lipinski definition) is 2. The van der Waals surface area contributed by atoms with Crippen molar-refractivity contribution in [2.45, 2.75) is 45.1 Å². The largest absolute Gasteiger partial charge is 0.354 e. The summed E-state index contributed by atoms with van der Waals surface area (Å²) in [7, 11) is 0. The Kier molecular flexibility index (Phi) is 3.82. The first-order valence-electron chi connectivity index (χ1n) is 6.43. The molecule has 1 saturated heterocycles. The van der Waals surface area contributed by atoms with Gasteiger partial charge in [0.2, 0.25) is 11.8 Å². The van der Waals surface area contributed by atoms with Crippen LogP contribution in [0.25, 0.3) is 0 Å². The maximum absolute atomic E-state index is 11.7. The minimum absolute atomic E-state index is 0.0478. The van der Waals surface area contributed by atoms with Gasteiger partial charge in [-0.3, -0.25) is 9.59 Å². The highest BCUT2D eigenvalue weighted by atomic mass is 16.2. The van der Waals surface area contributed by atoms with Crippen LogP contribution in [0.5, 0.6) is 0 Å². The summed E-state index contributed by atoms with van der Waals surface area (Å²) in [5.74, 6) is 0.425. The molecule has 94 valence electrons. The number of nitrogens with one attached hydrogen (secondary N) is 2. The molecule has 0 spiro atoms. The minimum Gasteiger partial charge on any atom is -0.354 e. The van der Waals surface area contributed by atoms with Gasteiger partial charge < -0.3 is 10.6 Å². The number of carbonyl (C=O) groups excluding carboxylic acids is 2. The first kappa shape index (κ1) is 12.1. The summed E-state index contributed by atoms with van der Waals surface area (Å²) in [4.78, 5) is 23.4. The van der Waals surface area contributed by atoms with Crippen LogP contribution in [0, 0.1) is 5.92 Å². The number of hydrogen-bond acceptors (Lipinski definition) is 2. The normalized spacial score (nSPS) is 26.1.